The van der Waals surface area contributed by atoms with Crippen molar-refractivity contribution in [2.75, 3.05) is 19.4 Å². The summed E-state index contributed by atoms with van der Waals surface area (Å²) in [6, 6.07) is 11.8. The SMILES string of the molecule is CN(C)C(=O)C[C@H](Nc1ncnc2ccsc12)c1ccccc1. The summed E-state index contributed by atoms with van der Waals surface area (Å²) < 4.78 is 1.01. The number of carbonyl (C=O) groups is 1. The molecular formula is C17H18N4OS. The first-order valence-electron chi connectivity index (χ1n) is 7.35. The van der Waals surface area contributed by atoms with E-state index in [9.17, 15) is 4.79 Å². The fraction of sp³-hybridized carbons (Fsp3) is 0.235. The van der Waals surface area contributed by atoms with E-state index in [0.717, 1.165) is 21.6 Å². The second-order valence-corrected chi connectivity index (χ2v) is 6.37. The van der Waals surface area contributed by atoms with E-state index in [1.165, 1.54) is 0 Å². The van der Waals surface area contributed by atoms with Gasteiger partial charge >= 0.3 is 0 Å². The summed E-state index contributed by atoms with van der Waals surface area (Å²) in [7, 11) is 3.54. The molecule has 2 aromatic heterocycles. The third kappa shape index (κ3) is 3.48. The summed E-state index contributed by atoms with van der Waals surface area (Å²) >= 11 is 1.59. The molecule has 0 bridgehead atoms. The van der Waals surface area contributed by atoms with Crippen LogP contribution in [0.2, 0.25) is 0 Å². The molecule has 0 saturated carbocycles. The second-order valence-electron chi connectivity index (χ2n) is 5.46. The first-order chi connectivity index (χ1) is 11.1. The molecule has 0 spiro atoms. The predicted molar refractivity (Wildman–Crippen MR) is 93.5 cm³/mol. The Labute approximate surface area is 139 Å². The van der Waals surface area contributed by atoms with E-state index < -0.39 is 0 Å². The van der Waals surface area contributed by atoms with E-state index in [1.54, 1.807) is 36.7 Å². The van der Waals surface area contributed by atoms with Crippen molar-refractivity contribution in [2.45, 2.75) is 12.5 Å². The molecule has 0 aliphatic rings. The van der Waals surface area contributed by atoms with Crippen LogP contribution in [0.15, 0.2) is 48.1 Å². The smallest absolute Gasteiger partial charge is 0.224 e. The Bertz CT molecular complexity index is 800. The number of thiophene rings is 1. The van der Waals surface area contributed by atoms with Gasteiger partial charge in [0.15, 0.2) is 0 Å². The van der Waals surface area contributed by atoms with Crippen LogP contribution < -0.4 is 5.32 Å². The third-order valence-electron chi connectivity index (χ3n) is 3.63. The molecule has 0 radical (unpaired) electrons. The lowest BCUT2D eigenvalue weighted by molar-refractivity contribution is -0.128. The number of fused-ring (bicyclic) bond motifs is 1. The minimum absolute atomic E-state index is 0.0721. The molecule has 3 aromatic rings. The van der Waals surface area contributed by atoms with E-state index in [1.807, 2.05) is 41.8 Å². The summed E-state index contributed by atoms with van der Waals surface area (Å²) in [5, 5.41) is 5.42. The highest BCUT2D eigenvalue weighted by molar-refractivity contribution is 7.17. The van der Waals surface area contributed by atoms with Crippen molar-refractivity contribution >= 4 is 33.3 Å². The van der Waals surface area contributed by atoms with Crippen molar-refractivity contribution in [3.63, 3.8) is 0 Å². The van der Waals surface area contributed by atoms with Gasteiger partial charge in [-0.15, -0.1) is 11.3 Å². The summed E-state index contributed by atoms with van der Waals surface area (Å²) in [6.07, 6.45) is 1.92. The molecule has 0 aliphatic carbocycles. The van der Waals surface area contributed by atoms with Gasteiger partial charge in [0, 0.05) is 14.1 Å². The molecule has 3 rings (SSSR count). The van der Waals surface area contributed by atoms with Gasteiger partial charge in [-0.3, -0.25) is 4.79 Å². The van der Waals surface area contributed by atoms with E-state index in [4.69, 9.17) is 0 Å². The lowest BCUT2D eigenvalue weighted by atomic mass is 10.0. The molecule has 1 amide bonds. The number of carbonyl (C=O) groups excluding carboxylic acids is 1. The van der Waals surface area contributed by atoms with Crippen LogP contribution in [-0.4, -0.2) is 34.9 Å². The largest absolute Gasteiger partial charge is 0.361 e. The van der Waals surface area contributed by atoms with Crippen molar-refractivity contribution in [1.29, 1.82) is 0 Å². The highest BCUT2D eigenvalue weighted by Gasteiger charge is 2.19. The van der Waals surface area contributed by atoms with Gasteiger partial charge in [0.2, 0.25) is 5.91 Å². The van der Waals surface area contributed by atoms with E-state index in [-0.39, 0.29) is 11.9 Å². The molecular weight excluding hydrogens is 308 g/mol. The molecule has 1 N–H and O–H groups in total. The quantitative estimate of drug-likeness (QED) is 0.781. The fourth-order valence-electron chi connectivity index (χ4n) is 2.35. The minimum atomic E-state index is -0.133. The number of nitrogens with zero attached hydrogens (tertiary/aromatic N) is 3. The van der Waals surface area contributed by atoms with E-state index in [0.29, 0.717) is 6.42 Å². The number of anilines is 1. The average Bonchev–Trinajstić information content (AvgIpc) is 3.04. The van der Waals surface area contributed by atoms with Crippen LogP contribution in [0.1, 0.15) is 18.0 Å². The van der Waals surface area contributed by atoms with Crippen LogP contribution in [0.25, 0.3) is 10.2 Å². The third-order valence-corrected chi connectivity index (χ3v) is 4.54. The standard InChI is InChI=1S/C17H18N4OS/c1-21(2)15(22)10-14(12-6-4-3-5-7-12)20-17-16-13(8-9-23-16)18-11-19-17/h3-9,11,14H,10H2,1-2H3,(H,18,19,20)/t14-/m0/s1. The summed E-state index contributed by atoms with van der Waals surface area (Å²) in [4.78, 5) is 22.4. The predicted octanol–water partition coefficient (Wildman–Crippen LogP) is 3.32. The molecule has 23 heavy (non-hydrogen) atoms. The van der Waals surface area contributed by atoms with Crippen LogP contribution in [0.4, 0.5) is 5.82 Å². The molecule has 0 fully saturated rings. The zero-order valence-electron chi connectivity index (χ0n) is 13.1. The lowest BCUT2D eigenvalue weighted by Crippen LogP contribution is -2.26. The van der Waals surface area contributed by atoms with Crippen molar-refractivity contribution in [2.24, 2.45) is 0 Å². The lowest BCUT2D eigenvalue weighted by Gasteiger charge is -2.21. The number of hydrogen-bond donors (Lipinski definition) is 1. The number of aromatic nitrogens is 2. The van der Waals surface area contributed by atoms with Gasteiger partial charge in [0.25, 0.3) is 0 Å². The van der Waals surface area contributed by atoms with Gasteiger partial charge in [-0.25, -0.2) is 9.97 Å². The highest BCUT2D eigenvalue weighted by atomic mass is 32.1. The molecule has 1 aromatic carbocycles. The van der Waals surface area contributed by atoms with Gasteiger partial charge < -0.3 is 10.2 Å². The fourth-order valence-corrected chi connectivity index (χ4v) is 3.15. The molecule has 1 atom stereocenters. The molecule has 0 saturated heterocycles. The van der Waals surface area contributed by atoms with Gasteiger partial charge in [0.05, 0.1) is 22.7 Å². The molecule has 118 valence electrons. The summed E-state index contributed by atoms with van der Waals surface area (Å²) in [6.45, 7) is 0. The summed E-state index contributed by atoms with van der Waals surface area (Å²) in [5.74, 6) is 0.841. The second kappa shape index (κ2) is 6.75. The Kier molecular flexibility index (Phi) is 4.52. The van der Waals surface area contributed by atoms with Crippen LogP contribution in [0.5, 0.6) is 0 Å². The number of nitrogens with one attached hydrogen (secondary N) is 1. The number of rotatable bonds is 5. The van der Waals surface area contributed by atoms with Crippen molar-refractivity contribution < 1.29 is 4.79 Å². The van der Waals surface area contributed by atoms with Crippen molar-refractivity contribution in [1.82, 2.24) is 14.9 Å². The maximum absolute atomic E-state index is 12.2. The summed E-state index contributed by atoms with van der Waals surface area (Å²) in [5.41, 5.74) is 1.98. The van der Waals surface area contributed by atoms with Crippen LogP contribution in [0, 0.1) is 0 Å². The molecule has 0 aliphatic heterocycles. The van der Waals surface area contributed by atoms with E-state index in [2.05, 4.69) is 15.3 Å². The normalized spacial score (nSPS) is 12.1. The minimum Gasteiger partial charge on any atom is -0.361 e. The zero-order chi connectivity index (χ0) is 16.2. The first kappa shape index (κ1) is 15.4. The van der Waals surface area contributed by atoms with E-state index >= 15 is 0 Å². The van der Waals surface area contributed by atoms with Crippen LogP contribution in [0.3, 0.4) is 0 Å². The van der Waals surface area contributed by atoms with Crippen molar-refractivity contribution in [3.8, 4) is 0 Å². The average molecular weight is 326 g/mol. The molecule has 2 heterocycles. The maximum atomic E-state index is 12.2. The van der Waals surface area contributed by atoms with Crippen LogP contribution in [-0.2, 0) is 4.79 Å². The highest BCUT2D eigenvalue weighted by Crippen LogP contribution is 2.29. The number of amides is 1. The van der Waals surface area contributed by atoms with Gasteiger partial charge in [-0.1, -0.05) is 30.3 Å². The molecule has 5 nitrogen and oxygen atoms in total. The van der Waals surface area contributed by atoms with Gasteiger partial charge in [-0.2, -0.15) is 0 Å². The van der Waals surface area contributed by atoms with Crippen LogP contribution >= 0.6 is 11.3 Å². The number of hydrogen-bond acceptors (Lipinski definition) is 5. The molecule has 0 unspecified atom stereocenters. The van der Waals surface area contributed by atoms with Crippen molar-refractivity contribution in [3.05, 3.63) is 53.7 Å². The Balaban J connectivity index is 1.92. The topological polar surface area (TPSA) is 58.1 Å². The zero-order valence-corrected chi connectivity index (χ0v) is 13.9. The molecule has 6 heteroatoms. The Hall–Kier alpha value is -2.47. The monoisotopic (exact) mass is 326 g/mol. The van der Waals surface area contributed by atoms with Gasteiger partial charge in [0.1, 0.15) is 12.1 Å². The first-order valence-corrected chi connectivity index (χ1v) is 8.23. The maximum Gasteiger partial charge on any atom is 0.224 e. The Morgan fingerprint density at radius 3 is 2.74 bits per heavy atom. The Morgan fingerprint density at radius 2 is 2.00 bits per heavy atom. The van der Waals surface area contributed by atoms with Gasteiger partial charge in [-0.05, 0) is 17.0 Å². The Morgan fingerprint density at radius 1 is 1.22 bits per heavy atom. The number of benzene rings is 1.